The van der Waals surface area contributed by atoms with Crippen molar-refractivity contribution >= 4 is 15.9 Å². The molecule has 0 N–H and O–H groups in total. The number of hydrogen-bond acceptors (Lipinski definition) is 0. The molecule has 0 spiro atoms. The fraction of sp³-hybridized carbons (Fsp3) is 1.00. The van der Waals surface area contributed by atoms with E-state index in [2.05, 4.69) is 15.9 Å². The van der Waals surface area contributed by atoms with Crippen LogP contribution in [0, 0.1) is 11.8 Å². The Bertz CT molecular complexity index is 149. The average Bonchev–Trinajstić information content (AvgIpc) is 2.50. The topological polar surface area (TPSA) is 0 Å². The predicted molar refractivity (Wildman–Crippen MR) is 49.9 cm³/mol. The zero-order valence-electron chi connectivity index (χ0n) is 7.41. The summed E-state index contributed by atoms with van der Waals surface area (Å²) in [7, 11) is 0. The lowest BCUT2D eigenvalue weighted by Gasteiger charge is -2.22. The highest BCUT2D eigenvalue weighted by atomic mass is 79.9. The number of alkyl halides is 4. The van der Waals surface area contributed by atoms with E-state index in [1.807, 2.05) is 0 Å². The Balaban J connectivity index is 2.42. The van der Waals surface area contributed by atoms with E-state index in [9.17, 15) is 13.2 Å². The second-order valence-corrected chi connectivity index (χ2v) is 4.43. The lowest BCUT2D eigenvalue weighted by Crippen LogP contribution is -2.22. The summed E-state index contributed by atoms with van der Waals surface area (Å²) in [6.45, 7) is 0. The number of rotatable bonds is 3. The van der Waals surface area contributed by atoms with Gasteiger partial charge in [-0.05, 0) is 11.8 Å². The molecule has 0 amide bonds. The van der Waals surface area contributed by atoms with Gasteiger partial charge in [-0.1, -0.05) is 41.6 Å². The van der Waals surface area contributed by atoms with E-state index in [1.54, 1.807) is 0 Å². The van der Waals surface area contributed by atoms with Crippen molar-refractivity contribution < 1.29 is 13.2 Å². The van der Waals surface area contributed by atoms with Gasteiger partial charge in [0.05, 0.1) is 0 Å². The smallest absolute Gasteiger partial charge is 0.171 e. The molecule has 1 fully saturated rings. The van der Waals surface area contributed by atoms with Crippen molar-refractivity contribution in [3.05, 3.63) is 0 Å². The fourth-order valence-electron chi connectivity index (χ4n) is 2.07. The second kappa shape index (κ2) is 4.67. The summed E-state index contributed by atoms with van der Waals surface area (Å²) in [5, 5.41) is 0.483. The van der Waals surface area contributed by atoms with Crippen molar-refractivity contribution in [2.75, 3.05) is 5.33 Å². The lowest BCUT2D eigenvalue weighted by atomic mass is 9.90. The van der Waals surface area contributed by atoms with E-state index in [0.717, 1.165) is 25.7 Å². The van der Waals surface area contributed by atoms with Crippen LogP contribution in [-0.2, 0) is 0 Å². The first kappa shape index (κ1) is 11.3. The Morgan fingerprint density at radius 1 is 1.23 bits per heavy atom. The minimum absolute atomic E-state index is 0.206. The van der Waals surface area contributed by atoms with Crippen molar-refractivity contribution in [3.63, 3.8) is 0 Å². The van der Waals surface area contributed by atoms with Crippen LogP contribution < -0.4 is 0 Å². The monoisotopic (exact) mass is 258 g/mol. The Kier molecular flexibility index (Phi) is 4.07. The SMILES string of the molecule is FC(F)(F)C[C@@H](CBr)C1CCCC1. The van der Waals surface area contributed by atoms with Crippen molar-refractivity contribution in [1.82, 2.24) is 0 Å². The minimum atomic E-state index is -4.00. The Morgan fingerprint density at radius 2 is 1.77 bits per heavy atom. The van der Waals surface area contributed by atoms with Gasteiger partial charge >= 0.3 is 6.18 Å². The molecule has 0 aromatic carbocycles. The Morgan fingerprint density at radius 3 is 2.15 bits per heavy atom. The third-order valence-electron chi connectivity index (χ3n) is 2.76. The van der Waals surface area contributed by atoms with E-state index < -0.39 is 12.6 Å². The van der Waals surface area contributed by atoms with Crippen LogP contribution in [0.5, 0.6) is 0 Å². The third kappa shape index (κ3) is 3.88. The molecule has 1 aliphatic carbocycles. The van der Waals surface area contributed by atoms with Crippen LogP contribution in [0.15, 0.2) is 0 Å². The standard InChI is InChI=1S/C9H14BrF3/c10-6-8(5-9(11,12)13)7-3-1-2-4-7/h7-8H,1-6H2/t8-/m0/s1. The molecule has 1 saturated carbocycles. The molecular weight excluding hydrogens is 245 g/mol. The first-order chi connectivity index (χ1) is 6.03. The van der Waals surface area contributed by atoms with Crippen molar-refractivity contribution in [1.29, 1.82) is 0 Å². The van der Waals surface area contributed by atoms with E-state index in [0.29, 0.717) is 11.2 Å². The van der Waals surface area contributed by atoms with Crippen LogP contribution in [0.4, 0.5) is 13.2 Å². The molecule has 0 radical (unpaired) electrons. The van der Waals surface area contributed by atoms with Crippen LogP contribution in [0.1, 0.15) is 32.1 Å². The zero-order chi connectivity index (χ0) is 9.90. The van der Waals surface area contributed by atoms with E-state index in [-0.39, 0.29) is 5.92 Å². The van der Waals surface area contributed by atoms with E-state index in [4.69, 9.17) is 0 Å². The van der Waals surface area contributed by atoms with Crippen LogP contribution in [0.3, 0.4) is 0 Å². The van der Waals surface area contributed by atoms with Gasteiger partial charge in [-0.15, -0.1) is 0 Å². The summed E-state index contributed by atoms with van der Waals surface area (Å²) in [5.74, 6) is 0.0866. The summed E-state index contributed by atoms with van der Waals surface area (Å²) in [4.78, 5) is 0. The quantitative estimate of drug-likeness (QED) is 0.668. The van der Waals surface area contributed by atoms with Gasteiger partial charge in [-0.25, -0.2) is 0 Å². The van der Waals surface area contributed by atoms with Crippen molar-refractivity contribution in [3.8, 4) is 0 Å². The molecule has 0 aromatic heterocycles. The summed E-state index contributed by atoms with van der Waals surface area (Å²) in [6, 6.07) is 0. The molecule has 0 nitrogen and oxygen atoms in total. The van der Waals surface area contributed by atoms with Crippen molar-refractivity contribution in [2.45, 2.75) is 38.3 Å². The maximum absolute atomic E-state index is 12.1. The molecule has 13 heavy (non-hydrogen) atoms. The molecule has 1 aliphatic rings. The first-order valence-corrected chi connectivity index (χ1v) is 5.78. The fourth-order valence-corrected chi connectivity index (χ4v) is 2.83. The molecule has 0 aromatic rings. The van der Waals surface area contributed by atoms with Gasteiger partial charge in [0.2, 0.25) is 0 Å². The molecule has 0 saturated heterocycles. The maximum atomic E-state index is 12.1. The number of hydrogen-bond donors (Lipinski definition) is 0. The molecular formula is C9H14BrF3. The average molecular weight is 259 g/mol. The van der Waals surface area contributed by atoms with Gasteiger partial charge in [0.25, 0.3) is 0 Å². The van der Waals surface area contributed by atoms with Crippen LogP contribution in [-0.4, -0.2) is 11.5 Å². The highest BCUT2D eigenvalue weighted by Gasteiger charge is 2.35. The van der Waals surface area contributed by atoms with Gasteiger partial charge in [0, 0.05) is 11.8 Å². The maximum Gasteiger partial charge on any atom is 0.389 e. The molecule has 0 heterocycles. The highest BCUT2D eigenvalue weighted by molar-refractivity contribution is 9.09. The van der Waals surface area contributed by atoms with Gasteiger partial charge in [-0.3, -0.25) is 0 Å². The lowest BCUT2D eigenvalue weighted by molar-refractivity contribution is -0.146. The highest BCUT2D eigenvalue weighted by Crippen LogP contribution is 2.38. The van der Waals surface area contributed by atoms with Crippen LogP contribution >= 0.6 is 15.9 Å². The van der Waals surface area contributed by atoms with E-state index in [1.165, 1.54) is 0 Å². The first-order valence-electron chi connectivity index (χ1n) is 4.65. The van der Waals surface area contributed by atoms with Crippen LogP contribution in [0.2, 0.25) is 0 Å². The largest absolute Gasteiger partial charge is 0.389 e. The normalized spacial score (nSPS) is 22.2. The summed E-state index contributed by atoms with van der Waals surface area (Å²) < 4.78 is 36.4. The summed E-state index contributed by atoms with van der Waals surface area (Å²) in [6.07, 6.45) is -0.458. The molecule has 78 valence electrons. The molecule has 0 unspecified atom stereocenters. The second-order valence-electron chi connectivity index (χ2n) is 3.78. The predicted octanol–water partition coefficient (Wildman–Crippen LogP) is 4.14. The summed E-state index contributed by atoms with van der Waals surface area (Å²) >= 11 is 3.18. The molecule has 1 atom stereocenters. The zero-order valence-corrected chi connectivity index (χ0v) is 9.00. The molecule has 0 bridgehead atoms. The summed E-state index contributed by atoms with van der Waals surface area (Å²) in [5.41, 5.74) is 0. The Hall–Kier alpha value is 0.270. The van der Waals surface area contributed by atoms with Gasteiger partial charge in [-0.2, -0.15) is 13.2 Å². The molecule has 4 heteroatoms. The number of halogens is 4. The van der Waals surface area contributed by atoms with Gasteiger partial charge < -0.3 is 0 Å². The van der Waals surface area contributed by atoms with Gasteiger partial charge in [0.15, 0.2) is 0 Å². The molecule has 1 rings (SSSR count). The Labute approximate surface area is 85.0 Å². The minimum Gasteiger partial charge on any atom is -0.171 e. The van der Waals surface area contributed by atoms with E-state index >= 15 is 0 Å². The van der Waals surface area contributed by atoms with Crippen LogP contribution in [0.25, 0.3) is 0 Å². The third-order valence-corrected chi connectivity index (χ3v) is 3.59. The van der Waals surface area contributed by atoms with Crippen molar-refractivity contribution in [2.24, 2.45) is 11.8 Å². The van der Waals surface area contributed by atoms with Gasteiger partial charge in [0.1, 0.15) is 0 Å². The molecule has 0 aliphatic heterocycles.